The molecule has 0 aromatic carbocycles. The zero-order chi connectivity index (χ0) is 12.1. The van der Waals surface area contributed by atoms with Gasteiger partial charge in [-0.25, -0.2) is 0 Å². The van der Waals surface area contributed by atoms with E-state index in [0.717, 1.165) is 45.5 Å². The summed E-state index contributed by atoms with van der Waals surface area (Å²) >= 11 is 0. The molecule has 0 amide bonds. The highest BCUT2D eigenvalue weighted by Crippen LogP contribution is 2.20. The van der Waals surface area contributed by atoms with Crippen LogP contribution in [-0.2, 0) is 14.3 Å². The SMILES string of the molecule is COC(=O)C1CCCN(CCC2CCCO2)C1. The first-order chi connectivity index (χ1) is 8.29. The first kappa shape index (κ1) is 12.8. The van der Waals surface area contributed by atoms with Gasteiger partial charge >= 0.3 is 5.97 Å². The second-order valence-corrected chi connectivity index (χ2v) is 5.09. The van der Waals surface area contributed by atoms with Gasteiger partial charge in [0.15, 0.2) is 0 Å². The molecule has 0 aliphatic carbocycles. The number of likely N-dealkylation sites (tertiary alicyclic amines) is 1. The van der Waals surface area contributed by atoms with Crippen molar-refractivity contribution in [3.8, 4) is 0 Å². The van der Waals surface area contributed by atoms with Crippen LogP contribution in [0.1, 0.15) is 32.1 Å². The van der Waals surface area contributed by atoms with Crippen molar-refractivity contribution in [1.82, 2.24) is 4.90 Å². The molecule has 2 unspecified atom stereocenters. The Labute approximate surface area is 103 Å². The third-order valence-electron chi connectivity index (χ3n) is 3.83. The molecule has 0 N–H and O–H groups in total. The molecule has 2 rings (SSSR count). The molecule has 0 saturated carbocycles. The minimum Gasteiger partial charge on any atom is -0.469 e. The molecule has 2 aliphatic rings. The van der Waals surface area contributed by atoms with Crippen molar-refractivity contribution >= 4 is 5.97 Å². The number of ether oxygens (including phenoxy) is 2. The molecule has 17 heavy (non-hydrogen) atoms. The normalized spacial score (nSPS) is 30.4. The molecule has 0 aromatic rings. The first-order valence-electron chi connectivity index (χ1n) is 6.71. The highest BCUT2D eigenvalue weighted by molar-refractivity contribution is 5.72. The van der Waals surface area contributed by atoms with Crippen molar-refractivity contribution in [1.29, 1.82) is 0 Å². The summed E-state index contributed by atoms with van der Waals surface area (Å²) in [6.07, 6.45) is 6.04. The number of rotatable bonds is 4. The molecule has 98 valence electrons. The summed E-state index contributed by atoms with van der Waals surface area (Å²) in [4.78, 5) is 13.9. The van der Waals surface area contributed by atoms with Crippen LogP contribution < -0.4 is 0 Å². The smallest absolute Gasteiger partial charge is 0.309 e. The molecular weight excluding hydrogens is 218 g/mol. The molecule has 2 atom stereocenters. The van der Waals surface area contributed by atoms with Gasteiger partial charge in [0.05, 0.1) is 19.1 Å². The fourth-order valence-corrected chi connectivity index (χ4v) is 2.82. The number of nitrogens with zero attached hydrogens (tertiary/aromatic N) is 1. The molecular formula is C13H23NO3. The molecule has 2 aliphatic heterocycles. The topological polar surface area (TPSA) is 38.8 Å². The number of hydrogen-bond acceptors (Lipinski definition) is 4. The van der Waals surface area contributed by atoms with Gasteiger partial charge < -0.3 is 14.4 Å². The van der Waals surface area contributed by atoms with Gasteiger partial charge in [-0.15, -0.1) is 0 Å². The third-order valence-corrected chi connectivity index (χ3v) is 3.83. The lowest BCUT2D eigenvalue weighted by Crippen LogP contribution is -2.40. The van der Waals surface area contributed by atoms with Crippen LogP contribution in [0, 0.1) is 5.92 Å². The van der Waals surface area contributed by atoms with Gasteiger partial charge in [-0.2, -0.15) is 0 Å². The molecule has 0 aromatic heterocycles. The van der Waals surface area contributed by atoms with Gasteiger partial charge in [-0.3, -0.25) is 4.79 Å². The van der Waals surface area contributed by atoms with E-state index < -0.39 is 0 Å². The second-order valence-electron chi connectivity index (χ2n) is 5.09. The number of carbonyl (C=O) groups is 1. The van der Waals surface area contributed by atoms with Crippen LogP contribution in [0.15, 0.2) is 0 Å². The lowest BCUT2D eigenvalue weighted by atomic mass is 9.98. The van der Waals surface area contributed by atoms with Gasteiger partial charge in [-0.1, -0.05) is 0 Å². The Morgan fingerprint density at radius 3 is 3.00 bits per heavy atom. The van der Waals surface area contributed by atoms with Gasteiger partial charge in [0, 0.05) is 19.7 Å². The van der Waals surface area contributed by atoms with E-state index in [0.29, 0.717) is 6.10 Å². The van der Waals surface area contributed by atoms with Gasteiger partial charge in [0.1, 0.15) is 0 Å². The Morgan fingerprint density at radius 1 is 1.41 bits per heavy atom. The summed E-state index contributed by atoms with van der Waals surface area (Å²) in [5.74, 6) is 0.0325. The predicted octanol–water partition coefficient (Wildman–Crippen LogP) is 1.44. The minimum absolute atomic E-state index is 0.0492. The van der Waals surface area contributed by atoms with Crippen LogP contribution >= 0.6 is 0 Å². The zero-order valence-corrected chi connectivity index (χ0v) is 10.7. The van der Waals surface area contributed by atoms with Gasteiger partial charge in [-0.05, 0) is 38.6 Å². The lowest BCUT2D eigenvalue weighted by Gasteiger charge is -2.31. The van der Waals surface area contributed by atoms with Crippen LogP contribution in [0.2, 0.25) is 0 Å². The Balaban J connectivity index is 1.71. The molecule has 0 spiro atoms. The molecule has 0 bridgehead atoms. The van der Waals surface area contributed by atoms with E-state index in [1.54, 1.807) is 0 Å². The Hall–Kier alpha value is -0.610. The minimum atomic E-state index is -0.0492. The predicted molar refractivity (Wildman–Crippen MR) is 64.8 cm³/mol. The highest BCUT2D eigenvalue weighted by atomic mass is 16.5. The third kappa shape index (κ3) is 3.68. The Bertz CT molecular complexity index is 251. The van der Waals surface area contributed by atoms with Crippen molar-refractivity contribution in [2.75, 3.05) is 33.4 Å². The van der Waals surface area contributed by atoms with Crippen molar-refractivity contribution < 1.29 is 14.3 Å². The number of hydrogen-bond donors (Lipinski definition) is 0. The summed E-state index contributed by atoms with van der Waals surface area (Å²) in [7, 11) is 1.48. The van der Waals surface area contributed by atoms with E-state index in [1.807, 2.05) is 0 Å². The van der Waals surface area contributed by atoms with Gasteiger partial charge in [0.2, 0.25) is 0 Å². The van der Waals surface area contributed by atoms with E-state index in [4.69, 9.17) is 9.47 Å². The van der Waals surface area contributed by atoms with Crippen LogP contribution in [0.4, 0.5) is 0 Å². The molecule has 0 radical (unpaired) electrons. The summed E-state index contributed by atoms with van der Waals surface area (Å²) < 4.78 is 10.4. The average Bonchev–Trinajstić information content (AvgIpc) is 2.89. The Kier molecular flexibility index (Phi) is 4.80. The summed E-state index contributed by atoms with van der Waals surface area (Å²) in [6.45, 7) is 3.95. The van der Waals surface area contributed by atoms with Crippen LogP contribution in [0.3, 0.4) is 0 Å². The second kappa shape index (κ2) is 6.36. The van der Waals surface area contributed by atoms with Gasteiger partial charge in [0.25, 0.3) is 0 Å². The van der Waals surface area contributed by atoms with Crippen molar-refractivity contribution in [3.05, 3.63) is 0 Å². The maximum Gasteiger partial charge on any atom is 0.309 e. The van der Waals surface area contributed by atoms with E-state index in [9.17, 15) is 4.79 Å². The summed E-state index contributed by atoms with van der Waals surface area (Å²) in [6, 6.07) is 0. The maximum atomic E-state index is 11.5. The number of methoxy groups -OCH3 is 1. The fraction of sp³-hybridized carbons (Fsp3) is 0.923. The fourth-order valence-electron chi connectivity index (χ4n) is 2.82. The highest BCUT2D eigenvalue weighted by Gasteiger charge is 2.27. The van der Waals surface area contributed by atoms with Crippen molar-refractivity contribution in [3.63, 3.8) is 0 Å². The van der Waals surface area contributed by atoms with Crippen LogP contribution in [0.25, 0.3) is 0 Å². The average molecular weight is 241 g/mol. The largest absolute Gasteiger partial charge is 0.469 e. The molecule has 2 heterocycles. The molecule has 4 nitrogen and oxygen atoms in total. The monoisotopic (exact) mass is 241 g/mol. The van der Waals surface area contributed by atoms with E-state index in [2.05, 4.69) is 4.90 Å². The van der Waals surface area contributed by atoms with E-state index in [1.165, 1.54) is 20.0 Å². The molecule has 2 fully saturated rings. The number of carbonyl (C=O) groups excluding carboxylic acids is 1. The van der Waals surface area contributed by atoms with Crippen LogP contribution in [-0.4, -0.2) is 50.3 Å². The van der Waals surface area contributed by atoms with Crippen molar-refractivity contribution in [2.45, 2.75) is 38.2 Å². The first-order valence-corrected chi connectivity index (χ1v) is 6.71. The lowest BCUT2D eigenvalue weighted by molar-refractivity contribution is -0.147. The number of piperidine rings is 1. The summed E-state index contributed by atoms with van der Waals surface area (Å²) in [5, 5.41) is 0. The number of esters is 1. The zero-order valence-electron chi connectivity index (χ0n) is 10.7. The van der Waals surface area contributed by atoms with Crippen molar-refractivity contribution in [2.24, 2.45) is 5.92 Å². The van der Waals surface area contributed by atoms with E-state index >= 15 is 0 Å². The molecule has 4 heteroatoms. The van der Waals surface area contributed by atoms with Crippen LogP contribution in [0.5, 0.6) is 0 Å². The standard InChI is InChI=1S/C13H23NO3/c1-16-13(15)11-4-2-7-14(10-11)8-6-12-5-3-9-17-12/h11-12H,2-10H2,1H3. The quantitative estimate of drug-likeness (QED) is 0.698. The van der Waals surface area contributed by atoms with E-state index in [-0.39, 0.29) is 11.9 Å². The summed E-state index contributed by atoms with van der Waals surface area (Å²) in [5.41, 5.74) is 0. The molecule has 2 saturated heterocycles. The Morgan fingerprint density at radius 2 is 2.29 bits per heavy atom. The maximum absolute atomic E-state index is 11.5.